The summed E-state index contributed by atoms with van der Waals surface area (Å²) < 4.78 is 10.4. The monoisotopic (exact) mass is 198 g/mol. The molecule has 1 heterocycles. The number of epoxide rings is 1. The number of ether oxygens (including phenoxy) is 2. The molecule has 0 bridgehead atoms. The summed E-state index contributed by atoms with van der Waals surface area (Å²) in [6.45, 7) is 6.29. The van der Waals surface area contributed by atoms with Crippen molar-refractivity contribution in [3.8, 4) is 0 Å². The van der Waals surface area contributed by atoms with Crippen LogP contribution in [0.4, 0.5) is 0 Å². The highest BCUT2D eigenvalue weighted by molar-refractivity contribution is 5.84. The third kappa shape index (κ3) is 1.11. The number of carbonyl (C=O) groups excluding carboxylic acids is 1. The second-order valence-corrected chi connectivity index (χ2v) is 5.46. The molecule has 0 radical (unpaired) electrons. The molecule has 80 valence electrons. The maximum Gasteiger partial charge on any atom is 0.340 e. The molecule has 1 aliphatic heterocycles. The Bertz CT molecular complexity index is 284. The maximum atomic E-state index is 11.5. The molecule has 14 heavy (non-hydrogen) atoms. The molecule has 0 N–H and O–H groups in total. The number of rotatable bonds is 1. The largest absolute Gasteiger partial charge is 0.467 e. The van der Waals surface area contributed by atoms with E-state index in [0.717, 1.165) is 19.3 Å². The number of methoxy groups -OCH3 is 1. The van der Waals surface area contributed by atoms with Gasteiger partial charge in [0, 0.05) is 0 Å². The highest BCUT2D eigenvalue weighted by Gasteiger charge is 2.74. The molecular weight excluding hydrogens is 180 g/mol. The van der Waals surface area contributed by atoms with Gasteiger partial charge in [0.15, 0.2) is 5.60 Å². The van der Waals surface area contributed by atoms with Gasteiger partial charge in [-0.05, 0) is 31.6 Å². The highest BCUT2D eigenvalue weighted by atomic mass is 16.7. The van der Waals surface area contributed by atoms with E-state index < -0.39 is 5.60 Å². The van der Waals surface area contributed by atoms with Crippen molar-refractivity contribution < 1.29 is 14.3 Å². The molecule has 1 saturated heterocycles. The first-order chi connectivity index (χ1) is 6.35. The molecule has 1 spiro atoms. The fourth-order valence-electron chi connectivity index (χ4n) is 2.77. The van der Waals surface area contributed by atoms with Gasteiger partial charge in [-0.2, -0.15) is 0 Å². The van der Waals surface area contributed by atoms with E-state index in [0.29, 0.717) is 5.41 Å². The molecule has 0 amide bonds. The van der Waals surface area contributed by atoms with Crippen LogP contribution < -0.4 is 0 Å². The molecule has 2 atom stereocenters. The average Bonchev–Trinajstić information content (AvgIpc) is 2.53. The molecule has 1 aliphatic carbocycles. The van der Waals surface area contributed by atoms with Crippen LogP contribution in [-0.2, 0) is 14.3 Å². The minimum atomic E-state index is -0.671. The quantitative estimate of drug-likeness (QED) is 0.477. The SMILES string of the molecule is COC(=O)C1(C)OC12CCC(C)(C)C2. The van der Waals surface area contributed by atoms with E-state index in [-0.39, 0.29) is 11.6 Å². The maximum absolute atomic E-state index is 11.5. The summed E-state index contributed by atoms with van der Waals surface area (Å²) >= 11 is 0. The van der Waals surface area contributed by atoms with Gasteiger partial charge in [0.2, 0.25) is 0 Å². The Morgan fingerprint density at radius 3 is 2.36 bits per heavy atom. The third-order valence-electron chi connectivity index (χ3n) is 3.77. The minimum Gasteiger partial charge on any atom is -0.467 e. The van der Waals surface area contributed by atoms with Crippen molar-refractivity contribution in [3.63, 3.8) is 0 Å². The van der Waals surface area contributed by atoms with Crippen LogP contribution in [0.1, 0.15) is 40.0 Å². The molecule has 0 aromatic heterocycles. The van der Waals surface area contributed by atoms with Crippen molar-refractivity contribution in [3.05, 3.63) is 0 Å². The third-order valence-corrected chi connectivity index (χ3v) is 3.77. The molecule has 0 aromatic carbocycles. The van der Waals surface area contributed by atoms with Crippen LogP contribution in [0.2, 0.25) is 0 Å². The summed E-state index contributed by atoms with van der Waals surface area (Å²) in [5, 5.41) is 0. The highest BCUT2D eigenvalue weighted by Crippen LogP contribution is 2.62. The van der Waals surface area contributed by atoms with Crippen molar-refractivity contribution in [2.24, 2.45) is 5.41 Å². The van der Waals surface area contributed by atoms with Gasteiger partial charge in [0.25, 0.3) is 0 Å². The molecule has 2 aliphatic rings. The second kappa shape index (κ2) is 2.51. The first-order valence-electron chi connectivity index (χ1n) is 5.14. The summed E-state index contributed by atoms with van der Waals surface area (Å²) in [5.41, 5.74) is -0.592. The number of hydrogen-bond acceptors (Lipinski definition) is 3. The van der Waals surface area contributed by atoms with Gasteiger partial charge < -0.3 is 9.47 Å². The van der Waals surface area contributed by atoms with E-state index >= 15 is 0 Å². The Labute approximate surface area is 84.8 Å². The first kappa shape index (κ1) is 9.97. The van der Waals surface area contributed by atoms with Crippen molar-refractivity contribution in [1.82, 2.24) is 0 Å². The molecule has 3 nitrogen and oxygen atoms in total. The zero-order valence-corrected chi connectivity index (χ0v) is 9.35. The topological polar surface area (TPSA) is 38.8 Å². The zero-order valence-electron chi connectivity index (χ0n) is 9.35. The molecule has 1 saturated carbocycles. The van der Waals surface area contributed by atoms with Crippen LogP contribution in [-0.4, -0.2) is 24.3 Å². The van der Waals surface area contributed by atoms with Gasteiger partial charge in [-0.25, -0.2) is 4.79 Å². The molecule has 0 aromatic rings. The number of hydrogen-bond donors (Lipinski definition) is 0. The number of carbonyl (C=O) groups is 1. The average molecular weight is 198 g/mol. The summed E-state index contributed by atoms with van der Waals surface area (Å²) in [6, 6.07) is 0. The Morgan fingerprint density at radius 1 is 1.29 bits per heavy atom. The summed E-state index contributed by atoms with van der Waals surface area (Å²) in [6.07, 6.45) is 3.07. The second-order valence-electron chi connectivity index (χ2n) is 5.46. The lowest BCUT2D eigenvalue weighted by atomic mass is 9.86. The van der Waals surface area contributed by atoms with Crippen molar-refractivity contribution in [1.29, 1.82) is 0 Å². The normalized spacial score (nSPS) is 44.0. The Kier molecular flexibility index (Phi) is 1.79. The molecular formula is C11H18O3. The lowest BCUT2D eigenvalue weighted by Gasteiger charge is -2.16. The van der Waals surface area contributed by atoms with E-state index in [4.69, 9.17) is 9.47 Å². The smallest absolute Gasteiger partial charge is 0.340 e. The van der Waals surface area contributed by atoms with Crippen LogP contribution in [0.25, 0.3) is 0 Å². The van der Waals surface area contributed by atoms with E-state index in [1.54, 1.807) is 0 Å². The standard InChI is InChI=1S/C11H18O3/c1-9(2)5-6-11(7-9)10(3,14-11)8(12)13-4/h5-7H2,1-4H3. The van der Waals surface area contributed by atoms with Crippen LogP contribution in [0, 0.1) is 5.41 Å². The predicted molar refractivity (Wildman–Crippen MR) is 51.9 cm³/mol. The van der Waals surface area contributed by atoms with Crippen LogP contribution in [0.15, 0.2) is 0 Å². The van der Waals surface area contributed by atoms with Crippen molar-refractivity contribution >= 4 is 5.97 Å². The zero-order chi connectivity index (χ0) is 10.6. The van der Waals surface area contributed by atoms with Gasteiger partial charge in [0.05, 0.1) is 7.11 Å². The van der Waals surface area contributed by atoms with Crippen LogP contribution in [0.3, 0.4) is 0 Å². The Hall–Kier alpha value is -0.570. The lowest BCUT2D eigenvalue weighted by Crippen LogP contribution is -2.31. The van der Waals surface area contributed by atoms with Gasteiger partial charge in [0.1, 0.15) is 5.60 Å². The van der Waals surface area contributed by atoms with E-state index in [1.165, 1.54) is 7.11 Å². The van der Waals surface area contributed by atoms with E-state index in [1.807, 2.05) is 6.92 Å². The Balaban J connectivity index is 2.14. The van der Waals surface area contributed by atoms with Gasteiger partial charge in [-0.3, -0.25) is 0 Å². The fraction of sp³-hybridized carbons (Fsp3) is 0.909. The molecule has 3 heteroatoms. The van der Waals surface area contributed by atoms with Gasteiger partial charge in [-0.15, -0.1) is 0 Å². The summed E-state index contributed by atoms with van der Waals surface area (Å²) in [7, 11) is 1.42. The van der Waals surface area contributed by atoms with E-state index in [2.05, 4.69) is 13.8 Å². The molecule has 2 fully saturated rings. The summed E-state index contributed by atoms with van der Waals surface area (Å²) in [5.74, 6) is -0.227. The van der Waals surface area contributed by atoms with Crippen molar-refractivity contribution in [2.45, 2.75) is 51.2 Å². The fourth-order valence-corrected chi connectivity index (χ4v) is 2.77. The number of esters is 1. The van der Waals surface area contributed by atoms with Crippen molar-refractivity contribution in [2.75, 3.05) is 7.11 Å². The van der Waals surface area contributed by atoms with Gasteiger partial charge >= 0.3 is 5.97 Å². The Morgan fingerprint density at radius 2 is 1.93 bits per heavy atom. The molecule has 2 rings (SSSR count). The summed E-state index contributed by atoms with van der Waals surface area (Å²) in [4.78, 5) is 11.5. The minimum absolute atomic E-state index is 0.219. The van der Waals surface area contributed by atoms with Crippen LogP contribution >= 0.6 is 0 Å². The van der Waals surface area contributed by atoms with E-state index in [9.17, 15) is 4.79 Å². The molecule has 2 unspecified atom stereocenters. The predicted octanol–water partition coefficient (Wildman–Crippen LogP) is 1.90. The lowest BCUT2D eigenvalue weighted by molar-refractivity contribution is -0.146. The van der Waals surface area contributed by atoms with Crippen LogP contribution in [0.5, 0.6) is 0 Å². The first-order valence-corrected chi connectivity index (χ1v) is 5.14. The van der Waals surface area contributed by atoms with Gasteiger partial charge in [-0.1, -0.05) is 13.8 Å².